The first-order valence-electron chi connectivity index (χ1n) is 17.4. The lowest BCUT2D eigenvalue weighted by Gasteiger charge is -2.31. The van der Waals surface area contributed by atoms with Gasteiger partial charge in [-0.1, -0.05) is 18.7 Å². The van der Waals surface area contributed by atoms with E-state index in [9.17, 15) is 14.0 Å². The van der Waals surface area contributed by atoms with Crippen LogP contribution < -0.4 is 9.47 Å². The van der Waals surface area contributed by atoms with Gasteiger partial charge in [-0.3, -0.25) is 14.6 Å². The van der Waals surface area contributed by atoms with E-state index in [-0.39, 0.29) is 30.9 Å². The van der Waals surface area contributed by atoms with E-state index in [0.29, 0.717) is 85.0 Å². The molecule has 4 bridgehead atoms. The van der Waals surface area contributed by atoms with Crippen molar-refractivity contribution in [1.82, 2.24) is 19.8 Å². The fourth-order valence-corrected chi connectivity index (χ4v) is 8.23. The summed E-state index contributed by atoms with van der Waals surface area (Å²) in [7, 11) is 0. The third kappa shape index (κ3) is 6.56. The smallest absolute Gasteiger partial charge is 0.246 e. The molecular weight excluding hydrogens is 683 g/mol. The maximum absolute atomic E-state index is 15.0. The van der Waals surface area contributed by atoms with Crippen molar-refractivity contribution in [2.24, 2.45) is 5.92 Å². The molecule has 0 aliphatic carbocycles. The maximum atomic E-state index is 15.0. The molecule has 11 heteroatoms. The Kier molecular flexibility index (Phi) is 9.27. The Balaban J connectivity index is 1.35. The van der Waals surface area contributed by atoms with Crippen molar-refractivity contribution in [3.05, 3.63) is 108 Å². The lowest BCUT2D eigenvalue weighted by Crippen LogP contribution is -2.40. The number of piperidine rings is 1. The van der Waals surface area contributed by atoms with E-state index < -0.39 is 11.6 Å². The number of thiophene rings is 1. The Bertz CT molecular complexity index is 2250. The summed E-state index contributed by atoms with van der Waals surface area (Å²) < 4.78 is 43.3. The van der Waals surface area contributed by atoms with E-state index in [1.54, 1.807) is 23.2 Å². The highest BCUT2D eigenvalue weighted by Gasteiger charge is 2.29. The number of ether oxygens (including phenoxy) is 2. The minimum atomic E-state index is -0.448. The summed E-state index contributed by atoms with van der Waals surface area (Å²) in [6.45, 7) is 6.25. The summed E-state index contributed by atoms with van der Waals surface area (Å²) in [4.78, 5) is 39.4. The van der Waals surface area contributed by atoms with E-state index >= 15 is 4.39 Å². The van der Waals surface area contributed by atoms with Crippen molar-refractivity contribution in [2.45, 2.75) is 32.2 Å². The Labute approximate surface area is 304 Å². The number of carbonyl (C=O) groups excluding carboxylic acids is 2. The van der Waals surface area contributed by atoms with Crippen LogP contribution in [0.25, 0.3) is 43.7 Å². The quantitative estimate of drug-likeness (QED) is 0.136. The van der Waals surface area contributed by atoms with Crippen molar-refractivity contribution in [2.75, 3.05) is 32.8 Å². The number of fused-ring (bicyclic) bond motifs is 1. The van der Waals surface area contributed by atoms with Crippen molar-refractivity contribution in [1.29, 1.82) is 0 Å². The molecule has 11 rings (SSSR count). The SMILES string of the molecule is C=CC(=O)N1CCc2ncc(-c3nc4c5ccsc5c3-c3ccc(F)cc3OCC3CCN(CC/C=C/COc5cc(F)ccc5-4)C(=O)C3)cc2C1. The second kappa shape index (κ2) is 14.3. The fraction of sp³-hybridized carbons (Fsp3) is 0.268. The van der Waals surface area contributed by atoms with Crippen LogP contribution in [0.2, 0.25) is 0 Å². The molecule has 1 saturated heterocycles. The summed E-state index contributed by atoms with van der Waals surface area (Å²) in [6, 6.07) is 12.9. The van der Waals surface area contributed by atoms with Crippen LogP contribution in [-0.2, 0) is 22.6 Å². The van der Waals surface area contributed by atoms with Gasteiger partial charge >= 0.3 is 0 Å². The molecule has 52 heavy (non-hydrogen) atoms. The Morgan fingerprint density at radius 1 is 0.962 bits per heavy atom. The number of pyridine rings is 2. The highest BCUT2D eigenvalue weighted by Crippen LogP contribution is 2.47. The minimum Gasteiger partial charge on any atom is -0.493 e. The second-order valence-electron chi connectivity index (χ2n) is 13.3. The van der Waals surface area contributed by atoms with Gasteiger partial charge in [0.05, 0.1) is 18.0 Å². The third-order valence-corrected chi connectivity index (χ3v) is 10.9. The van der Waals surface area contributed by atoms with E-state index in [0.717, 1.165) is 33.3 Å². The summed E-state index contributed by atoms with van der Waals surface area (Å²) >= 11 is 1.51. The number of rotatable bonds is 2. The molecule has 9 heterocycles. The van der Waals surface area contributed by atoms with Crippen molar-refractivity contribution in [3.8, 4) is 45.1 Å². The number of aromatic nitrogens is 2. The Hall–Kier alpha value is -5.42. The number of nitrogens with zero attached hydrogens (tertiary/aromatic N) is 4. The van der Waals surface area contributed by atoms with Crippen molar-refractivity contribution >= 4 is 33.2 Å². The highest BCUT2D eigenvalue weighted by atomic mass is 32.1. The molecule has 0 radical (unpaired) electrons. The second-order valence-corrected chi connectivity index (χ2v) is 14.2. The number of hydrogen-bond donors (Lipinski definition) is 0. The minimum absolute atomic E-state index is 0.0147. The lowest BCUT2D eigenvalue weighted by molar-refractivity contribution is -0.135. The van der Waals surface area contributed by atoms with Crippen LogP contribution in [0.1, 0.15) is 30.5 Å². The number of carbonyl (C=O) groups is 2. The van der Waals surface area contributed by atoms with Gasteiger partial charge in [-0.15, -0.1) is 11.3 Å². The molecule has 2 amide bonds. The van der Waals surface area contributed by atoms with Gasteiger partial charge in [-0.2, -0.15) is 0 Å². The molecule has 0 N–H and O–H groups in total. The van der Waals surface area contributed by atoms with Gasteiger partial charge in [0.15, 0.2) is 0 Å². The predicted molar refractivity (Wildman–Crippen MR) is 197 cm³/mol. The number of amides is 2. The predicted octanol–water partition coefficient (Wildman–Crippen LogP) is 8.00. The van der Waals surface area contributed by atoms with Crippen LogP contribution >= 0.6 is 11.3 Å². The molecule has 0 spiro atoms. The average molecular weight is 719 g/mol. The van der Waals surface area contributed by atoms with E-state index in [1.807, 2.05) is 34.6 Å². The molecule has 5 aromatic rings. The first-order chi connectivity index (χ1) is 25.4. The first kappa shape index (κ1) is 33.7. The molecule has 1 unspecified atom stereocenters. The monoisotopic (exact) mass is 718 g/mol. The molecule has 6 aliphatic heterocycles. The topological polar surface area (TPSA) is 84.9 Å². The number of benzene rings is 2. The number of halogens is 2. The van der Waals surface area contributed by atoms with Gasteiger partial charge < -0.3 is 19.3 Å². The average Bonchev–Trinajstić information content (AvgIpc) is 3.65. The molecule has 1 atom stereocenters. The molecule has 6 aliphatic rings. The third-order valence-electron chi connectivity index (χ3n) is 9.98. The van der Waals surface area contributed by atoms with Gasteiger partial charge in [0.1, 0.15) is 29.7 Å². The van der Waals surface area contributed by atoms with Crippen molar-refractivity contribution in [3.63, 3.8) is 0 Å². The molecule has 264 valence electrons. The number of hydrogen-bond acceptors (Lipinski definition) is 7. The standard InChI is InChI=1S/C41H36F2N4O4S/c1-2-36(48)47-15-11-33-27(23-47)19-26(22-44-33)39-38-30-8-6-28(42)20-34(30)51-24-25-10-14-46(37(49)18-25)13-4-3-5-16-50-35-21-29(43)7-9-31(35)40(45-39)32-12-17-52-41(32)38/h2-3,5-9,12,17,19-22,25H,1,4,10-11,13-16,18,23-24H2/b5-3+. The molecule has 8 nitrogen and oxygen atoms in total. The summed E-state index contributed by atoms with van der Waals surface area (Å²) in [5, 5.41) is 2.78. The summed E-state index contributed by atoms with van der Waals surface area (Å²) in [6.07, 6.45) is 9.35. The first-order valence-corrected chi connectivity index (χ1v) is 18.3. The van der Waals surface area contributed by atoms with Gasteiger partial charge in [0.25, 0.3) is 0 Å². The van der Waals surface area contributed by atoms with Gasteiger partial charge in [0.2, 0.25) is 11.8 Å². The largest absolute Gasteiger partial charge is 0.493 e. The molecule has 1 fully saturated rings. The van der Waals surface area contributed by atoms with Crippen molar-refractivity contribution < 1.29 is 27.8 Å². The highest BCUT2D eigenvalue weighted by molar-refractivity contribution is 7.18. The lowest BCUT2D eigenvalue weighted by atomic mass is 9.94. The molecular formula is C41H36F2N4O4S. The van der Waals surface area contributed by atoms with E-state index in [2.05, 4.69) is 6.58 Å². The van der Waals surface area contributed by atoms with Gasteiger partial charge in [0, 0.05) is 101 Å². The molecule has 2 aromatic carbocycles. The zero-order valence-corrected chi connectivity index (χ0v) is 29.3. The Morgan fingerprint density at radius 2 is 1.77 bits per heavy atom. The molecule has 0 saturated carbocycles. The summed E-state index contributed by atoms with van der Waals surface area (Å²) in [5.74, 6) is -0.304. The van der Waals surface area contributed by atoms with Crippen LogP contribution in [0.15, 0.2) is 84.9 Å². The van der Waals surface area contributed by atoms with E-state index in [1.165, 1.54) is 41.7 Å². The molecule has 3 aromatic heterocycles. The summed E-state index contributed by atoms with van der Waals surface area (Å²) in [5.41, 5.74) is 5.63. The Morgan fingerprint density at radius 3 is 2.58 bits per heavy atom. The normalized spacial score (nSPS) is 18.2. The fourth-order valence-electron chi connectivity index (χ4n) is 7.28. The van der Waals surface area contributed by atoms with Crippen LogP contribution in [0.5, 0.6) is 11.5 Å². The maximum Gasteiger partial charge on any atom is 0.246 e. The zero-order chi connectivity index (χ0) is 35.8. The van der Waals surface area contributed by atoms with E-state index in [4.69, 9.17) is 19.4 Å². The van der Waals surface area contributed by atoms with Crippen LogP contribution in [-0.4, -0.2) is 64.4 Å². The zero-order valence-electron chi connectivity index (χ0n) is 28.4. The van der Waals surface area contributed by atoms with Crippen LogP contribution in [0.3, 0.4) is 0 Å². The van der Waals surface area contributed by atoms with Gasteiger partial charge in [-0.05, 0) is 66.3 Å². The van der Waals surface area contributed by atoms with Crippen LogP contribution in [0, 0.1) is 17.6 Å². The van der Waals surface area contributed by atoms with Gasteiger partial charge in [-0.25, -0.2) is 13.8 Å². The van der Waals surface area contributed by atoms with Crippen LogP contribution in [0.4, 0.5) is 8.78 Å².